The SMILES string of the molecule is CN(CCN1CCCC1)Cc1cc(O)c2c(c1N(C)C)C[C@H]1C[C@H]3[C@H](N(C)C)C(O)=C(C(N)=O)C(=O)[C@@]3(O)C(O)=C1C2=O. The van der Waals surface area contributed by atoms with Crippen LogP contribution in [0.3, 0.4) is 0 Å². The first-order chi connectivity index (χ1) is 20.2. The second kappa shape index (κ2) is 11.2. The monoisotopic (exact) mass is 597 g/mol. The number of ketones is 2. The fourth-order valence-electron chi connectivity index (χ4n) is 7.74. The number of primary amides is 1. The van der Waals surface area contributed by atoms with E-state index in [1.807, 2.05) is 26.0 Å². The van der Waals surface area contributed by atoms with Crippen LogP contribution in [0.4, 0.5) is 5.69 Å². The highest BCUT2D eigenvalue weighted by atomic mass is 16.3. The van der Waals surface area contributed by atoms with Crippen LogP contribution in [0, 0.1) is 11.8 Å². The van der Waals surface area contributed by atoms with Crippen molar-refractivity contribution in [1.82, 2.24) is 14.7 Å². The molecule has 6 N–H and O–H groups in total. The number of phenolic OH excluding ortho intramolecular Hbond substituents is 1. The first kappa shape index (κ1) is 31.0. The van der Waals surface area contributed by atoms with Gasteiger partial charge in [-0.05, 0) is 83.0 Å². The number of likely N-dealkylation sites (tertiary alicyclic amines) is 1. The van der Waals surface area contributed by atoms with Gasteiger partial charge in [0.25, 0.3) is 5.91 Å². The minimum absolute atomic E-state index is 0.0213. The third-order valence-electron chi connectivity index (χ3n) is 9.66. The first-order valence-electron chi connectivity index (χ1n) is 14.8. The molecule has 4 aliphatic rings. The number of likely N-dealkylation sites (N-methyl/N-ethyl adjacent to an activating group) is 2. The molecule has 1 aromatic rings. The van der Waals surface area contributed by atoms with Crippen molar-refractivity contribution in [3.63, 3.8) is 0 Å². The molecule has 0 radical (unpaired) electrons. The van der Waals surface area contributed by atoms with E-state index in [0.717, 1.165) is 37.4 Å². The second-order valence-electron chi connectivity index (χ2n) is 12.9. The van der Waals surface area contributed by atoms with Crippen molar-refractivity contribution in [2.45, 2.75) is 43.9 Å². The molecule has 1 aliphatic heterocycles. The molecule has 1 fully saturated rings. The number of carbonyl (C=O) groups is 3. The van der Waals surface area contributed by atoms with Gasteiger partial charge in [-0.1, -0.05) is 0 Å². The third-order valence-corrected chi connectivity index (χ3v) is 9.66. The summed E-state index contributed by atoms with van der Waals surface area (Å²) in [6.07, 6.45) is 2.75. The minimum Gasteiger partial charge on any atom is -0.510 e. The Bertz CT molecular complexity index is 1430. The number of aromatic hydroxyl groups is 1. The Balaban J connectivity index is 1.57. The van der Waals surface area contributed by atoms with Crippen molar-refractivity contribution in [1.29, 1.82) is 0 Å². The Morgan fingerprint density at radius 3 is 2.33 bits per heavy atom. The number of hydrogen-bond acceptors (Lipinski definition) is 11. The molecule has 0 aromatic heterocycles. The van der Waals surface area contributed by atoms with Crippen LogP contribution >= 0.6 is 0 Å². The number of benzene rings is 1. The van der Waals surface area contributed by atoms with E-state index in [4.69, 9.17) is 5.73 Å². The molecule has 1 saturated heterocycles. The van der Waals surface area contributed by atoms with Crippen molar-refractivity contribution in [2.24, 2.45) is 17.6 Å². The molecule has 1 heterocycles. The maximum Gasteiger partial charge on any atom is 0.255 e. The Hall–Kier alpha value is -3.45. The molecule has 0 saturated carbocycles. The molecule has 3 aliphatic carbocycles. The van der Waals surface area contributed by atoms with Crippen LogP contribution in [0.2, 0.25) is 0 Å². The van der Waals surface area contributed by atoms with E-state index < -0.39 is 58.0 Å². The highest BCUT2D eigenvalue weighted by molar-refractivity contribution is 6.24. The summed E-state index contributed by atoms with van der Waals surface area (Å²) in [5.74, 6) is -6.52. The number of carbonyl (C=O) groups excluding carboxylic acids is 3. The van der Waals surface area contributed by atoms with E-state index in [-0.39, 0.29) is 29.7 Å². The lowest BCUT2D eigenvalue weighted by Gasteiger charge is -2.50. The van der Waals surface area contributed by atoms with Gasteiger partial charge in [-0.2, -0.15) is 0 Å². The summed E-state index contributed by atoms with van der Waals surface area (Å²) in [5, 5.41) is 45.5. The zero-order chi connectivity index (χ0) is 31.5. The molecule has 1 amide bonds. The van der Waals surface area contributed by atoms with E-state index in [1.165, 1.54) is 12.8 Å². The number of hydrogen-bond donors (Lipinski definition) is 5. The fraction of sp³-hybridized carbons (Fsp3) is 0.581. The quantitative estimate of drug-likeness (QED) is 0.267. The lowest BCUT2D eigenvalue weighted by Crippen LogP contribution is -2.63. The first-order valence-corrected chi connectivity index (χ1v) is 14.8. The van der Waals surface area contributed by atoms with E-state index in [9.17, 15) is 34.8 Å². The van der Waals surface area contributed by atoms with Gasteiger partial charge in [0.05, 0.1) is 11.6 Å². The van der Waals surface area contributed by atoms with Gasteiger partial charge >= 0.3 is 0 Å². The molecule has 12 nitrogen and oxygen atoms in total. The molecular formula is C31H43N5O7. The number of amides is 1. The zero-order valence-corrected chi connectivity index (χ0v) is 25.6. The number of fused-ring (bicyclic) bond motifs is 3. The van der Waals surface area contributed by atoms with Crippen molar-refractivity contribution >= 4 is 23.2 Å². The van der Waals surface area contributed by atoms with Crippen LogP contribution in [0.25, 0.3) is 0 Å². The lowest BCUT2D eigenvalue weighted by molar-refractivity contribution is -0.148. The maximum atomic E-state index is 14.1. The molecule has 43 heavy (non-hydrogen) atoms. The number of aliphatic hydroxyl groups is 3. The summed E-state index contributed by atoms with van der Waals surface area (Å²) in [4.78, 5) is 47.8. The van der Waals surface area contributed by atoms with Crippen molar-refractivity contribution < 1.29 is 34.8 Å². The molecule has 1 aromatic carbocycles. The summed E-state index contributed by atoms with van der Waals surface area (Å²) >= 11 is 0. The minimum atomic E-state index is -2.65. The average molecular weight is 598 g/mol. The number of allylic oxidation sites excluding steroid dienone is 1. The second-order valence-corrected chi connectivity index (χ2v) is 12.9. The maximum absolute atomic E-state index is 14.1. The number of anilines is 1. The predicted octanol–water partition coefficient (Wildman–Crippen LogP) is 0.714. The molecule has 0 bridgehead atoms. The molecular weight excluding hydrogens is 554 g/mol. The summed E-state index contributed by atoms with van der Waals surface area (Å²) in [6.45, 7) is 4.56. The number of Topliss-reactive ketones (excluding diaryl/α,β-unsaturated/α-hetero) is 2. The van der Waals surface area contributed by atoms with E-state index in [0.29, 0.717) is 12.1 Å². The van der Waals surface area contributed by atoms with Gasteiger partial charge in [0.15, 0.2) is 11.4 Å². The van der Waals surface area contributed by atoms with Crippen molar-refractivity contribution in [3.05, 3.63) is 45.4 Å². The highest BCUT2D eigenvalue weighted by Gasteiger charge is 2.63. The molecule has 0 unspecified atom stereocenters. The number of rotatable bonds is 8. The summed E-state index contributed by atoms with van der Waals surface area (Å²) < 4.78 is 0. The van der Waals surface area contributed by atoms with Crippen LogP contribution in [-0.2, 0) is 22.6 Å². The van der Waals surface area contributed by atoms with E-state index in [2.05, 4.69) is 9.80 Å². The van der Waals surface area contributed by atoms with Crippen LogP contribution in [-0.4, -0.2) is 126 Å². The molecule has 234 valence electrons. The van der Waals surface area contributed by atoms with Gasteiger partial charge in [-0.15, -0.1) is 0 Å². The van der Waals surface area contributed by atoms with Crippen LogP contribution < -0.4 is 10.6 Å². The van der Waals surface area contributed by atoms with Crippen LogP contribution in [0.15, 0.2) is 28.7 Å². The van der Waals surface area contributed by atoms with Crippen LogP contribution in [0.1, 0.15) is 40.7 Å². The van der Waals surface area contributed by atoms with Gasteiger partial charge in [-0.25, -0.2) is 0 Å². The Morgan fingerprint density at radius 1 is 1.09 bits per heavy atom. The highest BCUT2D eigenvalue weighted by Crippen LogP contribution is 2.53. The lowest BCUT2D eigenvalue weighted by atomic mass is 9.58. The predicted molar refractivity (Wildman–Crippen MR) is 160 cm³/mol. The normalized spacial score (nSPS) is 27.6. The summed E-state index contributed by atoms with van der Waals surface area (Å²) in [7, 11) is 9.01. The third kappa shape index (κ3) is 4.90. The topological polar surface area (TPSA) is 171 Å². The van der Waals surface area contributed by atoms with Gasteiger partial charge in [0, 0.05) is 50.9 Å². The molecule has 0 spiro atoms. The van der Waals surface area contributed by atoms with E-state index in [1.54, 1.807) is 25.1 Å². The number of nitrogens with zero attached hydrogens (tertiary/aromatic N) is 4. The number of phenols is 1. The number of nitrogens with two attached hydrogens (primary N) is 1. The Morgan fingerprint density at radius 2 is 1.74 bits per heavy atom. The van der Waals surface area contributed by atoms with Crippen LogP contribution in [0.5, 0.6) is 5.75 Å². The van der Waals surface area contributed by atoms with Gasteiger partial charge in [-0.3, -0.25) is 19.3 Å². The van der Waals surface area contributed by atoms with Gasteiger partial charge in [0.1, 0.15) is 22.8 Å². The zero-order valence-electron chi connectivity index (χ0n) is 25.6. The van der Waals surface area contributed by atoms with Gasteiger partial charge < -0.3 is 40.9 Å². The van der Waals surface area contributed by atoms with Crippen molar-refractivity contribution in [2.75, 3.05) is 66.3 Å². The smallest absolute Gasteiger partial charge is 0.255 e. The summed E-state index contributed by atoms with van der Waals surface area (Å²) in [6, 6.07) is 0.555. The molecule has 12 heteroatoms. The number of aliphatic hydroxyl groups excluding tert-OH is 2. The Kier molecular flexibility index (Phi) is 8.10. The Labute approximate surface area is 251 Å². The standard InChI is InChI=1S/C31H43N5O7/c1-33(2)24-17(15-35(5)10-11-36-8-6-7-9-36)14-20(37)22-18(24)12-16-13-19-25(34(3)4)27(39)23(30(32)42)29(41)31(19,43)28(40)21(16)26(22)38/h14,16,19,25,37,39-40,43H,6-13,15H2,1-5H3,(H2,32,42)/t16-,19-,25-,31-/m0/s1. The van der Waals surface area contributed by atoms with Crippen molar-refractivity contribution in [3.8, 4) is 5.75 Å². The van der Waals surface area contributed by atoms with Gasteiger partial charge in [0.2, 0.25) is 5.78 Å². The fourth-order valence-corrected chi connectivity index (χ4v) is 7.74. The largest absolute Gasteiger partial charge is 0.510 e. The molecule has 4 atom stereocenters. The molecule has 5 rings (SSSR count). The average Bonchev–Trinajstić information content (AvgIpc) is 3.42. The summed E-state index contributed by atoms with van der Waals surface area (Å²) in [5.41, 5.74) is 4.09. The van der Waals surface area contributed by atoms with E-state index >= 15 is 0 Å².